The number of fused-ring (bicyclic) bond motifs is 2. The smallest absolute Gasteiger partial charge is 0.228 e. The van der Waals surface area contributed by atoms with E-state index in [1.807, 2.05) is 19.1 Å². The number of imidazole rings is 2. The molecule has 4 aromatic rings. The number of methoxy groups -OCH3 is 1. The number of ether oxygens (including phenoxy) is 1. The second-order valence-electron chi connectivity index (χ2n) is 8.76. The summed E-state index contributed by atoms with van der Waals surface area (Å²) in [5.41, 5.74) is 3.90. The summed E-state index contributed by atoms with van der Waals surface area (Å²) < 4.78 is 7.47. The van der Waals surface area contributed by atoms with Crippen LogP contribution in [0.1, 0.15) is 32.5 Å². The van der Waals surface area contributed by atoms with Crippen molar-refractivity contribution >= 4 is 40.6 Å². The number of hydrogen-bond acceptors (Lipinski definition) is 8. The van der Waals surface area contributed by atoms with Gasteiger partial charge in [0.2, 0.25) is 5.95 Å². The lowest BCUT2D eigenvalue weighted by atomic mass is 9.88. The van der Waals surface area contributed by atoms with Gasteiger partial charge in [0.15, 0.2) is 5.65 Å². The largest absolute Gasteiger partial charge is 0.393 e. The average molecular weight is 488 g/mol. The topological polar surface area (TPSA) is 125 Å². The minimum atomic E-state index is -1.06. The van der Waals surface area contributed by atoms with Crippen molar-refractivity contribution in [1.82, 2.24) is 29.5 Å². The lowest BCUT2D eigenvalue weighted by molar-refractivity contribution is -0.0406. The van der Waals surface area contributed by atoms with Gasteiger partial charge in [-0.15, -0.1) is 12.4 Å². The Morgan fingerprint density at radius 2 is 2.09 bits per heavy atom. The van der Waals surface area contributed by atoms with Crippen molar-refractivity contribution in [2.24, 2.45) is 0 Å². The molecule has 0 spiro atoms. The van der Waals surface area contributed by atoms with Crippen molar-refractivity contribution in [2.75, 3.05) is 25.2 Å². The Morgan fingerprint density at radius 1 is 1.26 bits per heavy atom. The van der Waals surface area contributed by atoms with Crippen LogP contribution in [0, 0.1) is 0 Å². The van der Waals surface area contributed by atoms with Crippen molar-refractivity contribution in [1.29, 1.82) is 0 Å². The van der Waals surface area contributed by atoms with Crippen LogP contribution in [0.5, 0.6) is 0 Å². The van der Waals surface area contributed by atoms with Crippen molar-refractivity contribution in [3.8, 4) is 11.3 Å². The maximum Gasteiger partial charge on any atom is 0.228 e. The molecule has 2 atom stereocenters. The van der Waals surface area contributed by atoms with Crippen LogP contribution in [0.3, 0.4) is 0 Å². The second kappa shape index (κ2) is 9.46. The third kappa shape index (κ3) is 4.11. The van der Waals surface area contributed by atoms with Crippen LogP contribution in [0.4, 0.5) is 5.95 Å². The molecule has 1 aromatic carbocycles. The predicted molar refractivity (Wildman–Crippen MR) is 132 cm³/mol. The Labute approximate surface area is 203 Å². The maximum absolute atomic E-state index is 10.5. The lowest BCUT2D eigenvalue weighted by Gasteiger charge is -2.41. The summed E-state index contributed by atoms with van der Waals surface area (Å²) >= 11 is 0. The molecule has 3 N–H and O–H groups in total. The number of aryl methyl sites for hydroxylation is 1. The third-order valence-electron chi connectivity index (χ3n) is 6.54. The van der Waals surface area contributed by atoms with Gasteiger partial charge in [-0.25, -0.2) is 15.0 Å². The molecule has 34 heavy (non-hydrogen) atoms. The normalized spacial score (nSPS) is 20.7. The zero-order valence-corrected chi connectivity index (χ0v) is 20.3. The van der Waals surface area contributed by atoms with Gasteiger partial charge in [-0.05, 0) is 38.8 Å². The van der Waals surface area contributed by atoms with Crippen LogP contribution in [0.2, 0.25) is 0 Å². The fraction of sp³-hybridized carbons (Fsp3) is 0.478. The Kier molecular flexibility index (Phi) is 6.77. The molecule has 182 valence electrons. The van der Waals surface area contributed by atoms with Gasteiger partial charge in [-0.3, -0.25) is 0 Å². The lowest BCUT2D eigenvalue weighted by Crippen LogP contribution is -2.51. The van der Waals surface area contributed by atoms with E-state index in [-0.39, 0.29) is 25.1 Å². The number of aromatic nitrogens is 6. The summed E-state index contributed by atoms with van der Waals surface area (Å²) in [6.45, 7) is 5.67. The number of aromatic amines is 1. The molecule has 11 heteroatoms. The van der Waals surface area contributed by atoms with E-state index in [1.54, 1.807) is 13.4 Å². The van der Waals surface area contributed by atoms with E-state index < -0.39 is 5.60 Å². The molecule has 1 fully saturated rings. The minimum Gasteiger partial charge on any atom is -0.393 e. The Hall–Kier alpha value is -2.79. The molecule has 1 saturated heterocycles. The van der Waals surface area contributed by atoms with Gasteiger partial charge in [-0.2, -0.15) is 4.98 Å². The second-order valence-corrected chi connectivity index (χ2v) is 8.76. The van der Waals surface area contributed by atoms with Crippen molar-refractivity contribution in [3.05, 3.63) is 30.4 Å². The monoisotopic (exact) mass is 487 g/mol. The van der Waals surface area contributed by atoms with Gasteiger partial charge >= 0.3 is 0 Å². The number of nitrogens with zero attached hydrogens (tertiary/aromatic N) is 6. The van der Waals surface area contributed by atoms with Gasteiger partial charge in [0.1, 0.15) is 23.6 Å². The molecule has 0 amide bonds. The maximum atomic E-state index is 10.5. The van der Waals surface area contributed by atoms with E-state index in [2.05, 4.69) is 37.4 Å². The molecule has 0 radical (unpaired) electrons. The number of H-pyrrole nitrogens is 1. The molecule has 0 saturated carbocycles. The number of benzene rings is 1. The summed E-state index contributed by atoms with van der Waals surface area (Å²) in [7, 11) is 1.67. The molecular formula is C23H30ClN7O3. The molecular weight excluding hydrogens is 458 g/mol. The average Bonchev–Trinajstić information content (AvgIpc) is 3.42. The van der Waals surface area contributed by atoms with Crippen LogP contribution in [0.25, 0.3) is 33.5 Å². The number of aliphatic hydroxyl groups is 2. The van der Waals surface area contributed by atoms with Gasteiger partial charge in [0.25, 0.3) is 0 Å². The summed E-state index contributed by atoms with van der Waals surface area (Å²) in [6.07, 6.45) is 2.52. The quantitative estimate of drug-likeness (QED) is 0.379. The molecule has 1 aliphatic heterocycles. The first-order valence-electron chi connectivity index (χ1n) is 11.3. The number of aliphatic hydroxyl groups excluding tert-OH is 1. The van der Waals surface area contributed by atoms with E-state index in [4.69, 9.17) is 14.7 Å². The molecule has 0 bridgehead atoms. The number of nitrogens with one attached hydrogen (secondary N) is 1. The highest BCUT2D eigenvalue weighted by atomic mass is 35.5. The number of anilines is 1. The highest BCUT2D eigenvalue weighted by molar-refractivity contribution is 5.91. The molecule has 2 unspecified atom stereocenters. The van der Waals surface area contributed by atoms with E-state index in [1.165, 1.54) is 0 Å². The fourth-order valence-corrected chi connectivity index (χ4v) is 4.83. The van der Waals surface area contributed by atoms with E-state index in [0.29, 0.717) is 37.6 Å². The van der Waals surface area contributed by atoms with Crippen LogP contribution in [0.15, 0.2) is 24.5 Å². The summed E-state index contributed by atoms with van der Waals surface area (Å²) in [5.74, 6) is 1.46. The van der Waals surface area contributed by atoms with Crippen LogP contribution in [-0.4, -0.2) is 71.6 Å². The first kappa shape index (κ1) is 24.3. The highest BCUT2D eigenvalue weighted by Crippen LogP contribution is 2.33. The van der Waals surface area contributed by atoms with Crippen LogP contribution < -0.4 is 4.90 Å². The first-order valence-corrected chi connectivity index (χ1v) is 11.3. The number of hydrogen-bond donors (Lipinski definition) is 3. The zero-order chi connectivity index (χ0) is 23.2. The SMILES string of the molecule is CCn1c(COC)nc2cc(-c3nc(N4CCC(O)(CO)CC4C)nc4nc[nH]c34)ccc21.Cl. The van der Waals surface area contributed by atoms with Crippen LogP contribution >= 0.6 is 12.4 Å². The van der Waals surface area contributed by atoms with E-state index >= 15 is 0 Å². The van der Waals surface area contributed by atoms with E-state index in [0.717, 1.165) is 40.2 Å². The Morgan fingerprint density at radius 3 is 2.79 bits per heavy atom. The molecule has 10 nitrogen and oxygen atoms in total. The van der Waals surface area contributed by atoms with Crippen molar-refractivity contribution < 1.29 is 14.9 Å². The molecule has 3 aromatic heterocycles. The van der Waals surface area contributed by atoms with Gasteiger partial charge < -0.3 is 29.4 Å². The summed E-state index contributed by atoms with van der Waals surface area (Å²) in [4.78, 5) is 24.0. The molecule has 1 aliphatic rings. The van der Waals surface area contributed by atoms with Crippen molar-refractivity contribution in [2.45, 2.75) is 51.5 Å². The minimum absolute atomic E-state index is 0. The Balaban J connectivity index is 0.00000274. The van der Waals surface area contributed by atoms with Gasteiger partial charge in [0, 0.05) is 31.8 Å². The number of piperidine rings is 1. The summed E-state index contributed by atoms with van der Waals surface area (Å²) in [5, 5.41) is 20.1. The molecule has 4 heterocycles. The standard InChI is InChI=1S/C23H29N7O3.ClH/c1-4-29-17-6-5-15(9-16(17)26-18(29)11-33-3)19-20-21(25-13-24-20)28-22(27-19)30-8-7-23(32,12-31)10-14(30)2;/h5-6,9,13-14,31-32H,4,7-8,10-12H2,1-3H3,(H,24,25,27,28);1H. The van der Waals surface area contributed by atoms with Gasteiger partial charge in [0.05, 0.1) is 29.6 Å². The third-order valence-corrected chi connectivity index (χ3v) is 6.54. The number of rotatable bonds is 6. The van der Waals surface area contributed by atoms with E-state index in [9.17, 15) is 10.2 Å². The molecule has 0 aliphatic carbocycles. The number of halogens is 1. The highest BCUT2D eigenvalue weighted by Gasteiger charge is 2.37. The summed E-state index contributed by atoms with van der Waals surface area (Å²) in [6, 6.07) is 6.12. The predicted octanol–water partition coefficient (Wildman–Crippen LogP) is 2.67. The van der Waals surface area contributed by atoms with Gasteiger partial charge in [-0.1, -0.05) is 6.07 Å². The first-order chi connectivity index (χ1) is 16.0. The van der Waals surface area contributed by atoms with Crippen LogP contribution in [-0.2, 0) is 17.9 Å². The Bertz CT molecular complexity index is 1310. The van der Waals surface area contributed by atoms with Crippen molar-refractivity contribution in [3.63, 3.8) is 0 Å². The zero-order valence-electron chi connectivity index (χ0n) is 19.5. The fourth-order valence-electron chi connectivity index (χ4n) is 4.83. The molecule has 5 rings (SSSR count).